The topological polar surface area (TPSA) is 49.4 Å². The standard InChI is InChI=1S/C14H20N2O2S/c1-11-10-19(17,18)7-6-16(11)9-12-2-3-14-13(8-12)4-5-15-14/h2-3,8,11,15H,4-7,9-10H2,1H3. The Morgan fingerprint density at radius 2 is 2.26 bits per heavy atom. The second-order valence-corrected chi connectivity index (χ2v) is 7.83. The maximum absolute atomic E-state index is 11.6. The van der Waals surface area contributed by atoms with Crippen molar-refractivity contribution in [2.24, 2.45) is 0 Å². The van der Waals surface area contributed by atoms with Gasteiger partial charge >= 0.3 is 0 Å². The molecular formula is C14H20N2O2S. The molecule has 2 aliphatic rings. The van der Waals surface area contributed by atoms with Crippen LogP contribution in [0.4, 0.5) is 5.69 Å². The lowest BCUT2D eigenvalue weighted by Gasteiger charge is -2.33. The van der Waals surface area contributed by atoms with E-state index >= 15 is 0 Å². The van der Waals surface area contributed by atoms with Crippen molar-refractivity contribution in [2.75, 3.05) is 29.9 Å². The average Bonchev–Trinajstić information content (AvgIpc) is 2.79. The van der Waals surface area contributed by atoms with Gasteiger partial charge in [-0.2, -0.15) is 0 Å². The van der Waals surface area contributed by atoms with E-state index in [0.717, 1.165) is 19.5 Å². The Balaban J connectivity index is 1.72. The lowest BCUT2D eigenvalue weighted by atomic mass is 10.1. The number of anilines is 1. The van der Waals surface area contributed by atoms with Gasteiger partial charge in [0.05, 0.1) is 11.5 Å². The number of nitrogens with zero attached hydrogens (tertiary/aromatic N) is 1. The van der Waals surface area contributed by atoms with Gasteiger partial charge in [0.2, 0.25) is 0 Å². The number of benzene rings is 1. The summed E-state index contributed by atoms with van der Waals surface area (Å²) >= 11 is 0. The molecule has 1 aromatic carbocycles. The van der Waals surface area contributed by atoms with Crippen LogP contribution >= 0.6 is 0 Å². The summed E-state index contributed by atoms with van der Waals surface area (Å²) in [6, 6.07) is 6.66. The predicted octanol–water partition coefficient (Wildman–Crippen LogP) is 1.27. The fourth-order valence-electron chi connectivity index (χ4n) is 2.96. The van der Waals surface area contributed by atoms with Crippen LogP contribution in [0.25, 0.3) is 0 Å². The van der Waals surface area contributed by atoms with Crippen molar-refractivity contribution in [1.29, 1.82) is 0 Å². The van der Waals surface area contributed by atoms with Crippen molar-refractivity contribution in [3.8, 4) is 0 Å². The minimum absolute atomic E-state index is 0.116. The van der Waals surface area contributed by atoms with Gasteiger partial charge in [0, 0.05) is 31.4 Å². The van der Waals surface area contributed by atoms with Gasteiger partial charge in [-0.1, -0.05) is 12.1 Å². The van der Waals surface area contributed by atoms with Gasteiger partial charge < -0.3 is 5.32 Å². The van der Waals surface area contributed by atoms with E-state index in [1.54, 1.807) is 0 Å². The summed E-state index contributed by atoms with van der Waals surface area (Å²) in [5, 5.41) is 3.36. The van der Waals surface area contributed by atoms with E-state index in [9.17, 15) is 8.42 Å². The van der Waals surface area contributed by atoms with E-state index in [2.05, 4.69) is 28.4 Å². The number of rotatable bonds is 2. The monoisotopic (exact) mass is 280 g/mol. The molecule has 4 nitrogen and oxygen atoms in total. The van der Waals surface area contributed by atoms with Crippen LogP contribution in [0.2, 0.25) is 0 Å². The van der Waals surface area contributed by atoms with Crippen molar-refractivity contribution in [3.05, 3.63) is 29.3 Å². The number of sulfone groups is 1. The van der Waals surface area contributed by atoms with Crippen LogP contribution in [0.1, 0.15) is 18.1 Å². The first-order valence-corrected chi connectivity index (χ1v) is 8.66. The Kier molecular flexibility index (Phi) is 3.27. The zero-order valence-electron chi connectivity index (χ0n) is 11.2. The molecule has 2 aliphatic heterocycles. The van der Waals surface area contributed by atoms with Gasteiger partial charge in [0.1, 0.15) is 0 Å². The summed E-state index contributed by atoms with van der Waals surface area (Å²) < 4.78 is 23.2. The van der Waals surface area contributed by atoms with Crippen molar-refractivity contribution >= 4 is 15.5 Å². The zero-order valence-corrected chi connectivity index (χ0v) is 12.0. The molecule has 1 unspecified atom stereocenters. The number of fused-ring (bicyclic) bond motifs is 1. The minimum Gasteiger partial charge on any atom is -0.384 e. The molecule has 0 saturated carbocycles. The molecule has 1 fully saturated rings. The molecule has 0 spiro atoms. The Morgan fingerprint density at radius 3 is 3.05 bits per heavy atom. The molecule has 19 heavy (non-hydrogen) atoms. The lowest BCUT2D eigenvalue weighted by Crippen LogP contribution is -2.46. The summed E-state index contributed by atoms with van der Waals surface area (Å²) in [4.78, 5) is 2.27. The van der Waals surface area contributed by atoms with E-state index in [0.29, 0.717) is 18.1 Å². The fourth-order valence-corrected chi connectivity index (χ4v) is 4.58. The maximum Gasteiger partial charge on any atom is 0.153 e. The van der Waals surface area contributed by atoms with Crippen LogP contribution in [-0.2, 0) is 22.8 Å². The van der Waals surface area contributed by atoms with Crippen LogP contribution in [0.3, 0.4) is 0 Å². The van der Waals surface area contributed by atoms with E-state index in [-0.39, 0.29) is 6.04 Å². The molecule has 1 aromatic rings. The van der Waals surface area contributed by atoms with Gasteiger partial charge in [-0.15, -0.1) is 0 Å². The molecule has 5 heteroatoms. The highest BCUT2D eigenvalue weighted by atomic mass is 32.2. The Hall–Kier alpha value is -1.07. The van der Waals surface area contributed by atoms with Gasteiger partial charge in [0.15, 0.2) is 9.84 Å². The predicted molar refractivity (Wildman–Crippen MR) is 77.2 cm³/mol. The van der Waals surface area contributed by atoms with Crippen LogP contribution in [0.5, 0.6) is 0 Å². The van der Waals surface area contributed by atoms with Gasteiger partial charge in [0.25, 0.3) is 0 Å². The van der Waals surface area contributed by atoms with Crippen LogP contribution in [0.15, 0.2) is 18.2 Å². The minimum atomic E-state index is -2.82. The summed E-state index contributed by atoms with van der Waals surface area (Å²) in [7, 11) is -2.82. The summed E-state index contributed by atoms with van der Waals surface area (Å²) in [5.74, 6) is 0.587. The highest BCUT2D eigenvalue weighted by molar-refractivity contribution is 7.91. The Bertz CT molecular complexity index is 583. The van der Waals surface area contributed by atoms with Gasteiger partial charge in [-0.05, 0) is 30.5 Å². The molecule has 1 saturated heterocycles. The molecule has 0 aliphatic carbocycles. The fraction of sp³-hybridized carbons (Fsp3) is 0.571. The normalized spacial score (nSPS) is 25.8. The Labute approximate surface area is 114 Å². The average molecular weight is 280 g/mol. The maximum atomic E-state index is 11.6. The first kappa shape index (κ1) is 12.9. The molecule has 0 bridgehead atoms. The molecule has 1 atom stereocenters. The molecule has 1 N–H and O–H groups in total. The summed E-state index contributed by atoms with van der Waals surface area (Å²) in [5.41, 5.74) is 3.92. The van der Waals surface area contributed by atoms with E-state index in [1.165, 1.54) is 16.8 Å². The van der Waals surface area contributed by atoms with Crippen molar-refractivity contribution in [1.82, 2.24) is 4.90 Å². The lowest BCUT2D eigenvalue weighted by molar-refractivity contribution is 0.218. The Morgan fingerprint density at radius 1 is 1.42 bits per heavy atom. The third-order valence-corrected chi connectivity index (χ3v) is 5.87. The second kappa shape index (κ2) is 4.80. The molecule has 3 rings (SSSR count). The van der Waals surface area contributed by atoms with Gasteiger partial charge in [-0.3, -0.25) is 4.90 Å². The SMILES string of the molecule is CC1CS(=O)(=O)CCN1Cc1ccc2c(c1)CCN2. The highest BCUT2D eigenvalue weighted by Gasteiger charge is 2.28. The van der Waals surface area contributed by atoms with Crippen molar-refractivity contribution < 1.29 is 8.42 Å². The smallest absolute Gasteiger partial charge is 0.153 e. The number of hydrogen-bond acceptors (Lipinski definition) is 4. The van der Waals surface area contributed by atoms with Crippen LogP contribution in [0, 0.1) is 0 Å². The molecule has 0 radical (unpaired) electrons. The number of nitrogens with one attached hydrogen (secondary N) is 1. The first-order chi connectivity index (χ1) is 9.03. The quantitative estimate of drug-likeness (QED) is 0.886. The van der Waals surface area contributed by atoms with E-state index < -0.39 is 9.84 Å². The highest BCUT2D eigenvalue weighted by Crippen LogP contribution is 2.24. The molecule has 2 heterocycles. The zero-order chi connectivity index (χ0) is 13.5. The third kappa shape index (κ3) is 2.77. The second-order valence-electron chi connectivity index (χ2n) is 5.60. The van der Waals surface area contributed by atoms with Crippen molar-refractivity contribution in [3.63, 3.8) is 0 Å². The van der Waals surface area contributed by atoms with Crippen LogP contribution < -0.4 is 5.32 Å². The van der Waals surface area contributed by atoms with E-state index in [4.69, 9.17) is 0 Å². The van der Waals surface area contributed by atoms with E-state index in [1.807, 2.05) is 6.92 Å². The third-order valence-electron chi connectivity index (χ3n) is 4.07. The summed E-state index contributed by atoms with van der Waals surface area (Å²) in [6.45, 7) is 4.53. The first-order valence-electron chi connectivity index (χ1n) is 6.84. The number of hydrogen-bond donors (Lipinski definition) is 1. The van der Waals surface area contributed by atoms with Gasteiger partial charge in [-0.25, -0.2) is 8.42 Å². The summed E-state index contributed by atoms with van der Waals surface area (Å²) in [6.07, 6.45) is 1.09. The van der Waals surface area contributed by atoms with Crippen LogP contribution in [-0.4, -0.2) is 44.0 Å². The molecule has 0 amide bonds. The molecular weight excluding hydrogens is 260 g/mol. The molecule has 104 valence electrons. The van der Waals surface area contributed by atoms with Crippen molar-refractivity contribution in [2.45, 2.75) is 25.9 Å². The largest absolute Gasteiger partial charge is 0.384 e. The molecule has 0 aromatic heterocycles.